The van der Waals surface area contributed by atoms with Crippen molar-refractivity contribution in [2.45, 2.75) is 43.4 Å². The zero-order chi connectivity index (χ0) is 14.0. The summed E-state index contributed by atoms with van der Waals surface area (Å²) >= 11 is 8.47. The van der Waals surface area contributed by atoms with Crippen LogP contribution in [0, 0.1) is 0 Å². The second-order valence-corrected chi connectivity index (χ2v) is 5.21. The number of carboxylic acid groups (broad SMARTS) is 1. The second-order valence-electron chi connectivity index (χ2n) is 4.03. The normalized spacial score (nSPS) is 13.2. The third kappa shape index (κ3) is 12.1. The summed E-state index contributed by atoms with van der Waals surface area (Å²) in [5.74, 6) is -1.07. The van der Waals surface area contributed by atoms with Crippen LogP contribution < -0.4 is 40.0 Å². The second kappa shape index (κ2) is 13.6. The fraction of sp³-hybridized carbons (Fsp3) is 0.818. The van der Waals surface area contributed by atoms with Crippen LogP contribution in [0.15, 0.2) is 0 Å². The van der Waals surface area contributed by atoms with E-state index in [2.05, 4.69) is 30.6 Å². The van der Waals surface area contributed by atoms with Crippen molar-refractivity contribution in [1.82, 2.24) is 5.32 Å². The smallest absolute Gasteiger partial charge is 0.548 e. The molecule has 8 heteroatoms. The molecule has 2 N–H and O–H groups in total. The number of aliphatic hydroxyl groups is 1. The molecule has 0 spiro atoms. The summed E-state index contributed by atoms with van der Waals surface area (Å²) in [6.45, 7) is -0.658. The van der Waals surface area contributed by atoms with E-state index < -0.39 is 18.6 Å². The van der Waals surface area contributed by atoms with Crippen LogP contribution >= 0.6 is 25.3 Å². The number of amides is 1. The molecule has 0 radical (unpaired) electrons. The van der Waals surface area contributed by atoms with Gasteiger partial charge in [-0.15, -0.1) is 0 Å². The van der Waals surface area contributed by atoms with Gasteiger partial charge in [-0.05, 0) is 25.0 Å². The molecule has 106 valence electrons. The molecule has 0 saturated heterocycles. The molecular weight excluding hydrogens is 297 g/mol. The summed E-state index contributed by atoms with van der Waals surface area (Å²) in [5, 5.41) is 21.6. The molecule has 0 bridgehead atoms. The van der Waals surface area contributed by atoms with Crippen molar-refractivity contribution >= 4 is 37.1 Å². The third-order valence-electron chi connectivity index (χ3n) is 2.46. The maximum atomic E-state index is 11.3. The molecule has 1 unspecified atom stereocenters. The van der Waals surface area contributed by atoms with E-state index in [1.54, 1.807) is 0 Å². The number of rotatable bonds is 10. The zero-order valence-electron chi connectivity index (χ0n) is 11.2. The molecule has 0 aliphatic heterocycles. The van der Waals surface area contributed by atoms with E-state index >= 15 is 0 Å². The fourth-order valence-electron chi connectivity index (χ4n) is 1.40. The average Bonchev–Trinajstić information content (AvgIpc) is 2.31. The fourth-order valence-corrected chi connectivity index (χ4v) is 2.23. The van der Waals surface area contributed by atoms with E-state index in [0.717, 1.165) is 25.0 Å². The number of carbonyl (C=O) groups is 2. The molecule has 2 atom stereocenters. The molecule has 0 aromatic heterocycles. The predicted octanol–water partition coefficient (Wildman–Crippen LogP) is -3.60. The number of hydrogen-bond acceptors (Lipinski definition) is 6. The number of nitrogens with one attached hydrogen (secondary N) is 1. The van der Waals surface area contributed by atoms with Gasteiger partial charge >= 0.3 is 29.6 Å². The van der Waals surface area contributed by atoms with Gasteiger partial charge in [-0.25, -0.2) is 0 Å². The van der Waals surface area contributed by atoms with Gasteiger partial charge in [-0.3, -0.25) is 4.79 Å². The number of aliphatic hydroxyl groups excluding tert-OH is 1. The van der Waals surface area contributed by atoms with Crippen LogP contribution in [0.3, 0.4) is 0 Å². The molecule has 0 aromatic rings. The van der Waals surface area contributed by atoms with Gasteiger partial charge in [-0.1, -0.05) is 6.42 Å². The number of carbonyl (C=O) groups excluding carboxylic acids is 2. The minimum absolute atomic E-state index is 0. The molecule has 0 aromatic carbocycles. The molecular formula is C11H20NNaO4S2. The van der Waals surface area contributed by atoms with Crippen LogP contribution in [0.1, 0.15) is 32.1 Å². The molecule has 0 aliphatic rings. The van der Waals surface area contributed by atoms with E-state index in [1.165, 1.54) is 0 Å². The van der Waals surface area contributed by atoms with Gasteiger partial charge in [-0.2, -0.15) is 25.3 Å². The van der Waals surface area contributed by atoms with Crippen molar-refractivity contribution in [1.29, 1.82) is 0 Å². The Morgan fingerprint density at radius 1 is 1.26 bits per heavy atom. The quantitative estimate of drug-likeness (QED) is 0.190. The van der Waals surface area contributed by atoms with Crippen molar-refractivity contribution in [2.75, 3.05) is 12.4 Å². The van der Waals surface area contributed by atoms with E-state index in [4.69, 9.17) is 5.11 Å². The average molecular weight is 317 g/mol. The van der Waals surface area contributed by atoms with Crippen molar-refractivity contribution in [2.24, 2.45) is 0 Å². The van der Waals surface area contributed by atoms with Gasteiger partial charge < -0.3 is 20.3 Å². The number of carboxylic acids is 1. The van der Waals surface area contributed by atoms with E-state index in [9.17, 15) is 14.7 Å². The first-order valence-corrected chi connectivity index (χ1v) is 7.06. The first-order chi connectivity index (χ1) is 8.51. The largest absolute Gasteiger partial charge is 1.00 e. The topological polar surface area (TPSA) is 89.5 Å². The van der Waals surface area contributed by atoms with Crippen molar-refractivity contribution in [3.05, 3.63) is 0 Å². The van der Waals surface area contributed by atoms with Gasteiger partial charge in [0.05, 0.1) is 18.6 Å². The molecule has 0 heterocycles. The molecule has 19 heavy (non-hydrogen) atoms. The predicted molar refractivity (Wildman–Crippen MR) is 73.7 cm³/mol. The summed E-state index contributed by atoms with van der Waals surface area (Å²) < 4.78 is 0. The van der Waals surface area contributed by atoms with Crippen LogP contribution in [0.25, 0.3) is 0 Å². The standard InChI is InChI=1S/C11H21NO4S2.Na/c13-7-9(11(15)16)12-10(14)4-2-1-3-8(18)5-6-17;/h8-9,13,17-18H,1-7H2,(H,12,14)(H,15,16);/q;+1/p-1/t8?,9-;/m0./s1. The Hall–Kier alpha value is 0.600. The molecule has 5 nitrogen and oxygen atoms in total. The first-order valence-electron chi connectivity index (χ1n) is 5.91. The van der Waals surface area contributed by atoms with Crippen molar-refractivity contribution in [3.63, 3.8) is 0 Å². The number of thiol groups is 2. The van der Waals surface area contributed by atoms with E-state index in [-0.39, 0.29) is 41.9 Å². The Kier molecular flexibility index (Phi) is 15.6. The van der Waals surface area contributed by atoms with Gasteiger partial charge in [0.15, 0.2) is 0 Å². The van der Waals surface area contributed by atoms with Crippen LogP contribution in [0.2, 0.25) is 0 Å². The van der Waals surface area contributed by atoms with Gasteiger partial charge in [0.1, 0.15) is 0 Å². The maximum absolute atomic E-state index is 11.3. The third-order valence-corrected chi connectivity index (χ3v) is 3.23. The summed E-state index contributed by atoms with van der Waals surface area (Å²) in [5.41, 5.74) is 0. The Morgan fingerprint density at radius 2 is 1.89 bits per heavy atom. The summed E-state index contributed by atoms with van der Waals surface area (Å²) in [4.78, 5) is 21.8. The maximum Gasteiger partial charge on any atom is 1.00 e. The number of aliphatic carboxylic acids is 1. The van der Waals surface area contributed by atoms with Gasteiger partial charge in [0.2, 0.25) is 5.91 Å². The van der Waals surface area contributed by atoms with Crippen LogP contribution in [0.4, 0.5) is 0 Å². The monoisotopic (exact) mass is 317 g/mol. The first kappa shape index (κ1) is 21.9. The van der Waals surface area contributed by atoms with Crippen LogP contribution in [-0.4, -0.2) is 40.6 Å². The molecule has 0 aliphatic carbocycles. The molecule has 0 rings (SSSR count). The Labute approximate surface area is 147 Å². The zero-order valence-corrected chi connectivity index (χ0v) is 15.0. The summed E-state index contributed by atoms with van der Waals surface area (Å²) in [6.07, 6.45) is 3.59. The van der Waals surface area contributed by atoms with Crippen LogP contribution in [-0.2, 0) is 9.59 Å². The van der Waals surface area contributed by atoms with Gasteiger partial charge in [0.25, 0.3) is 0 Å². The number of hydrogen-bond donors (Lipinski definition) is 4. The Bertz CT molecular complexity index is 269. The van der Waals surface area contributed by atoms with E-state index in [0.29, 0.717) is 11.7 Å². The van der Waals surface area contributed by atoms with Crippen molar-refractivity contribution in [3.8, 4) is 0 Å². The summed E-state index contributed by atoms with van der Waals surface area (Å²) in [7, 11) is 0. The molecule has 0 fully saturated rings. The molecule has 1 amide bonds. The van der Waals surface area contributed by atoms with Crippen molar-refractivity contribution < 1.29 is 49.4 Å². The minimum Gasteiger partial charge on any atom is -0.548 e. The Morgan fingerprint density at radius 3 is 2.37 bits per heavy atom. The van der Waals surface area contributed by atoms with E-state index in [1.807, 2.05) is 0 Å². The number of unbranched alkanes of at least 4 members (excludes halogenated alkanes) is 1. The summed E-state index contributed by atoms with van der Waals surface area (Å²) in [6, 6.07) is -1.32. The van der Waals surface area contributed by atoms with Gasteiger partial charge in [0, 0.05) is 11.7 Å². The molecule has 0 saturated carbocycles. The minimum atomic E-state index is -1.48. The van der Waals surface area contributed by atoms with Crippen LogP contribution in [0.5, 0.6) is 0 Å². The Balaban J connectivity index is 0. The SMILES string of the molecule is O=C(CCCCC(S)CCS)N[C@@H](CO)C(=O)[O-].[Na+].